The van der Waals surface area contributed by atoms with Gasteiger partial charge in [-0.25, -0.2) is 4.79 Å². The normalized spacial score (nSPS) is 12.0. The Balaban J connectivity index is 2.43. The van der Waals surface area contributed by atoms with Crippen molar-refractivity contribution in [3.05, 3.63) is 23.8 Å². The molecule has 0 saturated heterocycles. The molecule has 1 aromatic carbocycles. The number of methoxy groups -OCH3 is 1. The third kappa shape index (κ3) is 6.72. The zero-order chi connectivity index (χ0) is 17.4. The van der Waals surface area contributed by atoms with Crippen molar-refractivity contribution in [3.8, 4) is 11.5 Å². The molecule has 0 saturated carbocycles. The number of Topliss-reactive ketones (excluding diaryl/α,β-unsaturated/α-hetero) is 1. The first-order chi connectivity index (χ1) is 10.8. The molecule has 1 atom stereocenters. The summed E-state index contributed by atoms with van der Waals surface area (Å²) in [6.45, 7) is 6.49. The van der Waals surface area contributed by atoms with E-state index in [1.165, 1.54) is 25.3 Å². The molecule has 1 aromatic rings. The molecule has 0 amide bonds. The van der Waals surface area contributed by atoms with E-state index < -0.39 is 5.97 Å². The molecule has 0 bridgehead atoms. The standard InChI is InChI=1S/C18H26O5/c1-12(2)9-15(19)10-13(3)7-8-23-17-6-5-14(11-16(17)20)18(21)22-4/h5-6,11-13,20H,7-10H2,1-4H3/t13-/m0/s1. The molecule has 0 aliphatic rings. The molecular weight excluding hydrogens is 296 g/mol. The number of phenols is 1. The number of phenolic OH excluding ortho intramolecular Hbond substituents is 1. The summed E-state index contributed by atoms with van der Waals surface area (Å²) in [7, 11) is 1.28. The van der Waals surface area contributed by atoms with Gasteiger partial charge in [0.15, 0.2) is 11.5 Å². The van der Waals surface area contributed by atoms with Crippen molar-refractivity contribution in [3.63, 3.8) is 0 Å². The number of carbonyl (C=O) groups excluding carboxylic acids is 2. The number of ketones is 1. The van der Waals surface area contributed by atoms with Crippen LogP contribution in [0.2, 0.25) is 0 Å². The first-order valence-electron chi connectivity index (χ1n) is 7.89. The molecule has 0 aromatic heterocycles. The molecule has 23 heavy (non-hydrogen) atoms. The van der Waals surface area contributed by atoms with E-state index in [1.807, 2.05) is 20.8 Å². The third-order valence-corrected chi connectivity index (χ3v) is 3.46. The van der Waals surface area contributed by atoms with E-state index in [1.54, 1.807) is 0 Å². The van der Waals surface area contributed by atoms with Crippen molar-refractivity contribution < 1.29 is 24.2 Å². The van der Waals surface area contributed by atoms with Gasteiger partial charge in [0.25, 0.3) is 0 Å². The fraction of sp³-hybridized carbons (Fsp3) is 0.556. The van der Waals surface area contributed by atoms with Crippen LogP contribution in [-0.2, 0) is 9.53 Å². The fourth-order valence-electron chi connectivity index (χ4n) is 2.28. The molecule has 0 heterocycles. The van der Waals surface area contributed by atoms with Crippen LogP contribution in [-0.4, -0.2) is 30.6 Å². The minimum atomic E-state index is -0.510. The van der Waals surface area contributed by atoms with Gasteiger partial charge < -0.3 is 14.6 Å². The quantitative estimate of drug-likeness (QED) is 0.703. The molecule has 1 rings (SSSR count). The molecule has 0 spiro atoms. The molecule has 0 fully saturated rings. The Kier molecular flexibility index (Phi) is 7.59. The van der Waals surface area contributed by atoms with Gasteiger partial charge in [-0.3, -0.25) is 4.79 Å². The number of esters is 1. The van der Waals surface area contributed by atoms with Gasteiger partial charge in [0, 0.05) is 12.8 Å². The fourth-order valence-corrected chi connectivity index (χ4v) is 2.28. The zero-order valence-corrected chi connectivity index (χ0v) is 14.3. The predicted octanol–water partition coefficient (Wildman–Crippen LogP) is 3.59. The monoisotopic (exact) mass is 322 g/mol. The minimum absolute atomic E-state index is 0.101. The van der Waals surface area contributed by atoms with Crippen LogP contribution in [0.15, 0.2) is 18.2 Å². The van der Waals surface area contributed by atoms with E-state index in [-0.39, 0.29) is 23.0 Å². The lowest BCUT2D eigenvalue weighted by Crippen LogP contribution is -2.11. The number of ether oxygens (including phenoxy) is 2. The second kappa shape index (κ2) is 9.18. The van der Waals surface area contributed by atoms with Crippen LogP contribution in [0.1, 0.15) is 50.4 Å². The maximum Gasteiger partial charge on any atom is 0.337 e. The largest absolute Gasteiger partial charge is 0.504 e. The topological polar surface area (TPSA) is 72.8 Å². The van der Waals surface area contributed by atoms with E-state index >= 15 is 0 Å². The Morgan fingerprint density at radius 1 is 1.17 bits per heavy atom. The van der Waals surface area contributed by atoms with Crippen molar-refractivity contribution in [1.29, 1.82) is 0 Å². The molecule has 0 aliphatic heterocycles. The SMILES string of the molecule is COC(=O)c1ccc(OCC[C@H](C)CC(=O)CC(C)C)c(O)c1. The van der Waals surface area contributed by atoms with Gasteiger partial charge in [0.1, 0.15) is 5.78 Å². The van der Waals surface area contributed by atoms with Crippen LogP contribution in [0.25, 0.3) is 0 Å². The van der Waals surface area contributed by atoms with Crippen molar-refractivity contribution in [2.45, 2.75) is 40.0 Å². The van der Waals surface area contributed by atoms with Gasteiger partial charge in [-0.1, -0.05) is 20.8 Å². The summed E-state index contributed by atoms with van der Waals surface area (Å²) < 4.78 is 10.1. The number of hydrogen-bond acceptors (Lipinski definition) is 5. The predicted molar refractivity (Wildman–Crippen MR) is 87.8 cm³/mol. The summed E-state index contributed by atoms with van der Waals surface area (Å²) in [5.74, 6) is 0.602. The van der Waals surface area contributed by atoms with E-state index in [4.69, 9.17) is 4.74 Å². The molecule has 5 heteroatoms. The van der Waals surface area contributed by atoms with Crippen LogP contribution in [0.4, 0.5) is 0 Å². The van der Waals surface area contributed by atoms with Gasteiger partial charge in [0.05, 0.1) is 19.3 Å². The average Bonchev–Trinajstić information content (AvgIpc) is 2.46. The van der Waals surface area contributed by atoms with Gasteiger partial charge in [-0.05, 0) is 36.5 Å². The van der Waals surface area contributed by atoms with Crippen LogP contribution in [0.3, 0.4) is 0 Å². The van der Waals surface area contributed by atoms with Crippen LogP contribution < -0.4 is 4.74 Å². The van der Waals surface area contributed by atoms with Gasteiger partial charge in [0.2, 0.25) is 0 Å². The smallest absolute Gasteiger partial charge is 0.337 e. The van der Waals surface area contributed by atoms with Crippen molar-refractivity contribution in [1.82, 2.24) is 0 Å². The van der Waals surface area contributed by atoms with E-state index in [9.17, 15) is 14.7 Å². The highest BCUT2D eigenvalue weighted by molar-refractivity contribution is 5.90. The summed E-state index contributed by atoms with van der Waals surface area (Å²) in [6, 6.07) is 4.39. The number of rotatable bonds is 9. The molecule has 128 valence electrons. The highest BCUT2D eigenvalue weighted by Gasteiger charge is 2.13. The Morgan fingerprint density at radius 2 is 1.87 bits per heavy atom. The van der Waals surface area contributed by atoms with Crippen LogP contribution in [0.5, 0.6) is 11.5 Å². The van der Waals surface area contributed by atoms with E-state index in [0.717, 1.165) is 6.42 Å². The van der Waals surface area contributed by atoms with Gasteiger partial charge >= 0.3 is 5.97 Å². The molecule has 5 nitrogen and oxygen atoms in total. The second-order valence-corrected chi connectivity index (χ2v) is 6.26. The minimum Gasteiger partial charge on any atom is -0.504 e. The molecule has 0 aliphatic carbocycles. The molecular formula is C18H26O5. The molecule has 0 radical (unpaired) electrons. The van der Waals surface area contributed by atoms with Gasteiger partial charge in [-0.2, -0.15) is 0 Å². The van der Waals surface area contributed by atoms with E-state index in [2.05, 4.69) is 4.74 Å². The van der Waals surface area contributed by atoms with Crippen LogP contribution >= 0.6 is 0 Å². The highest BCUT2D eigenvalue weighted by atomic mass is 16.5. The lowest BCUT2D eigenvalue weighted by Gasteiger charge is -2.13. The molecule has 1 N–H and O–H groups in total. The van der Waals surface area contributed by atoms with E-state index in [0.29, 0.717) is 31.1 Å². The van der Waals surface area contributed by atoms with Crippen molar-refractivity contribution in [2.24, 2.45) is 11.8 Å². The van der Waals surface area contributed by atoms with Crippen LogP contribution in [0, 0.1) is 11.8 Å². The van der Waals surface area contributed by atoms with Gasteiger partial charge in [-0.15, -0.1) is 0 Å². The number of hydrogen-bond donors (Lipinski definition) is 1. The lowest BCUT2D eigenvalue weighted by molar-refractivity contribution is -0.120. The third-order valence-electron chi connectivity index (χ3n) is 3.46. The first-order valence-corrected chi connectivity index (χ1v) is 7.89. The Morgan fingerprint density at radius 3 is 2.43 bits per heavy atom. The summed E-state index contributed by atoms with van der Waals surface area (Å²) in [5.41, 5.74) is 0.269. The summed E-state index contributed by atoms with van der Waals surface area (Å²) >= 11 is 0. The van der Waals surface area contributed by atoms with Crippen molar-refractivity contribution >= 4 is 11.8 Å². The maximum atomic E-state index is 11.8. The number of benzene rings is 1. The maximum absolute atomic E-state index is 11.8. The summed E-state index contributed by atoms with van der Waals surface area (Å²) in [5, 5.41) is 9.86. The Hall–Kier alpha value is -2.04. The highest BCUT2D eigenvalue weighted by Crippen LogP contribution is 2.27. The summed E-state index contributed by atoms with van der Waals surface area (Å²) in [6.07, 6.45) is 1.89. The molecule has 0 unspecified atom stereocenters. The summed E-state index contributed by atoms with van der Waals surface area (Å²) in [4.78, 5) is 23.1. The Labute approximate surface area is 137 Å². The number of carbonyl (C=O) groups is 2. The first kappa shape index (κ1) is 19.0. The number of aromatic hydroxyl groups is 1. The second-order valence-electron chi connectivity index (χ2n) is 6.26. The Bertz CT molecular complexity index is 536. The average molecular weight is 322 g/mol. The lowest BCUT2D eigenvalue weighted by atomic mass is 9.96. The van der Waals surface area contributed by atoms with Crippen molar-refractivity contribution in [2.75, 3.05) is 13.7 Å². The zero-order valence-electron chi connectivity index (χ0n) is 14.3.